The van der Waals surface area contributed by atoms with E-state index in [2.05, 4.69) is 42.6 Å². The van der Waals surface area contributed by atoms with Gasteiger partial charge >= 0.3 is 0 Å². The molecule has 0 aromatic carbocycles. The molecule has 1 heterocycles. The van der Waals surface area contributed by atoms with Gasteiger partial charge in [-0.15, -0.1) is 30.6 Å². The van der Waals surface area contributed by atoms with Crippen molar-refractivity contribution in [3.05, 3.63) is 12.7 Å². The van der Waals surface area contributed by atoms with Crippen LogP contribution in [-0.2, 0) is 0 Å². The van der Waals surface area contributed by atoms with Crippen molar-refractivity contribution in [1.29, 1.82) is 0 Å². The van der Waals surface area contributed by atoms with Gasteiger partial charge in [0.15, 0.2) is 5.96 Å². The van der Waals surface area contributed by atoms with E-state index in [-0.39, 0.29) is 24.0 Å². The van der Waals surface area contributed by atoms with Crippen LogP contribution in [0.15, 0.2) is 17.6 Å². The number of nitrogens with one attached hydrogen (secondary N) is 1. The first-order chi connectivity index (χ1) is 10.2. The van der Waals surface area contributed by atoms with Gasteiger partial charge in [-0.25, -0.2) is 0 Å². The zero-order valence-corrected chi connectivity index (χ0v) is 17.0. The van der Waals surface area contributed by atoms with Crippen molar-refractivity contribution in [1.82, 2.24) is 15.1 Å². The lowest BCUT2D eigenvalue weighted by Crippen LogP contribution is -2.43. The number of halogens is 1. The molecule has 130 valence electrons. The number of hydrogen-bond donors (Lipinski definition) is 1. The van der Waals surface area contributed by atoms with Crippen molar-refractivity contribution in [3.8, 4) is 0 Å². The van der Waals surface area contributed by atoms with Gasteiger partial charge in [-0.1, -0.05) is 19.4 Å². The van der Waals surface area contributed by atoms with Gasteiger partial charge in [0.1, 0.15) is 0 Å². The number of likely N-dealkylation sites (N-methyl/N-ethyl adjacent to an activating group) is 1. The highest BCUT2D eigenvalue weighted by atomic mass is 127. The van der Waals surface area contributed by atoms with Gasteiger partial charge in [0, 0.05) is 26.2 Å². The fourth-order valence-electron chi connectivity index (χ4n) is 2.92. The summed E-state index contributed by atoms with van der Waals surface area (Å²) in [5.74, 6) is 1.04. The van der Waals surface area contributed by atoms with Crippen LogP contribution in [0.3, 0.4) is 0 Å². The summed E-state index contributed by atoms with van der Waals surface area (Å²) >= 11 is 0. The molecule has 1 aliphatic rings. The molecule has 1 N–H and O–H groups in total. The van der Waals surface area contributed by atoms with Crippen LogP contribution in [0.1, 0.15) is 46.0 Å². The highest BCUT2D eigenvalue weighted by molar-refractivity contribution is 14.0. The molecule has 1 atom stereocenters. The fraction of sp³-hybridized carbons (Fsp3) is 0.824. The second-order valence-electron chi connectivity index (χ2n) is 5.83. The molecule has 1 unspecified atom stereocenters. The standard InChI is InChI=1S/C17H34N4.HI/c1-5-8-10-13-20(4)17(18-6-2)19-15-16-12-9-11-14-21(16)7-3;/h5,16H,1,6-15H2,2-4H3,(H,18,19);1H. The van der Waals surface area contributed by atoms with Crippen LogP contribution in [0, 0.1) is 0 Å². The van der Waals surface area contributed by atoms with Crippen LogP contribution >= 0.6 is 24.0 Å². The topological polar surface area (TPSA) is 30.9 Å². The summed E-state index contributed by atoms with van der Waals surface area (Å²) in [4.78, 5) is 9.70. The Labute approximate surface area is 154 Å². The smallest absolute Gasteiger partial charge is 0.193 e. The second kappa shape index (κ2) is 13.2. The Bertz CT molecular complexity index is 320. The van der Waals surface area contributed by atoms with Crippen molar-refractivity contribution >= 4 is 29.9 Å². The number of guanidine groups is 1. The van der Waals surface area contributed by atoms with Crippen molar-refractivity contribution in [2.24, 2.45) is 4.99 Å². The first-order valence-electron chi connectivity index (χ1n) is 8.57. The molecule has 22 heavy (non-hydrogen) atoms. The van der Waals surface area contributed by atoms with E-state index in [1.807, 2.05) is 6.08 Å². The maximum atomic E-state index is 4.88. The van der Waals surface area contributed by atoms with Crippen LogP contribution in [-0.4, -0.2) is 61.6 Å². The molecule has 1 fully saturated rings. The average Bonchev–Trinajstić information content (AvgIpc) is 2.51. The maximum absolute atomic E-state index is 4.88. The number of rotatable bonds is 8. The third-order valence-corrected chi connectivity index (χ3v) is 4.21. The van der Waals surface area contributed by atoms with E-state index in [4.69, 9.17) is 4.99 Å². The van der Waals surface area contributed by atoms with E-state index >= 15 is 0 Å². The summed E-state index contributed by atoms with van der Waals surface area (Å²) in [6.07, 6.45) is 8.17. The number of nitrogens with zero attached hydrogens (tertiary/aromatic N) is 3. The Kier molecular flexibility index (Phi) is 13.0. The number of hydrogen-bond acceptors (Lipinski definition) is 2. The molecule has 0 spiro atoms. The third kappa shape index (κ3) is 7.81. The minimum Gasteiger partial charge on any atom is -0.357 e. The average molecular weight is 422 g/mol. The van der Waals surface area contributed by atoms with Gasteiger partial charge in [0.05, 0.1) is 6.54 Å². The lowest BCUT2D eigenvalue weighted by atomic mass is 10.0. The first-order valence-corrected chi connectivity index (χ1v) is 8.57. The SMILES string of the molecule is C=CCCCN(C)C(=NCC1CCCCN1CC)NCC.I. The van der Waals surface area contributed by atoms with E-state index in [0.29, 0.717) is 6.04 Å². The highest BCUT2D eigenvalue weighted by Gasteiger charge is 2.20. The minimum absolute atomic E-state index is 0. The zero-order valence-electron chi connectivity index (χ0n) is 14.7. The Hall–Kier alpha value is -0.300. The summed E-state index contributed by atoms with van der Waals surface area (Å²) in [5, 5.41) is 3.41. The molecule has 1 saturated heterocycles. The highest BCUT2D eigenvalue weighted by Crippen LogP contribution is 2.16. The molecule has 0 amide bonds. The van der Waals surface area contributed by atoms with Gasteiger partial charge in [-0.2, -0.15) is 0 Å². The summed E-state index contributed by atoms with van der Waals surface area (Å²) in [6, 6.07) is 0.624. The van der Waals surface area contributed by atoms with E-state index in [1.54, 1.807) is 0 Å². The number of unbranched alkanes of at least 4 members (excludes halogenated alkanes) is 1. The van der Waals surface area contributed by atoms with Gasteiger partial charge < -0.3 is 10.2 Å². The minimum atomic E-state index is 0. The quantitative estimate of drug-likeness (QED) is 0.214. The zero-order chi connectivity index (χ0) is 15.5. The predicted octanol–water partition coefficient (Wildman–Crippen LogP) is 3.34. The van der Waals surface area contributed by atoms with Crippen LogP contribution < -0.4 is 5.32 Å². The van der Waals surface area contributed by atoms with E-state index < -0.39 is 0 Å². The van der Waals surface area contributed by atoms with Gasteiger partial charge in [0.25, 0.3) is 0 Å². The Morgan fingerprint density at radius 1 is 1.41 bits per heavy atom. The van der Waals surface area contributed by atoms with Crippen molar-refractivity contribution in [2.75, 3.05) is 39.8 Å². The second-order valence-corrected chi connectivity index (χ2v) is 5.83. The molecule has 0 bridgehead atoms. The van der Waals surface area contributed by atoms with Crippen LogP contribution in [0.25, 0.3) is 0 Å². The lowest BCUT2D eigenvalue weighted by molar-refractivity contribution is 0.161. The Balaban J connectivity index is 0.00000441. The number of aliphatic imine (C=N–C) groups is 1. The first kappa shape index (κ1) is 21.7. The Morgan fingerprint density at radius 2 is 2.18 bits per heavy atom. The number of allylic oxidation sites excluding steroid dienone is 1. The van der Waals surface area contributed by atoms with Crippen molar-refractivity contribution in [3.63, 3.8) is 0 Å². The van der Waals surface area contributed by atoms with Gasteiger partial charge in [-0.05, 0) is 45.7 Å². The van der Waals surface area contributed by atoms with Gasteiger partial charge in [0.2, 0.25) is 0 Å². The maximum Gasteiger partial charge on any atom is 0.193 e. The van der Waals surface area contributed by atoms with Crippen molar-refractivity contribution < 1.29 is 0 Å². The van der Waals surface area contributed by atoms with Crippen LogP contribution in [0.5, 0.6) is 0 Å². The van der Waals surface area contributed by atoms with E-state index in [9.17, 15) is 0 Å². The molecule has 1 aliphatic heterocycles. The summed E-state index contributed by atoms with van der Waals surface area (Å²) < 4.78 is 0. The molecule has 0 aliphatic carbocycles. The van der Waals surface area contributed by atoms with Crippen LogP contribution in [0.2, 0.25) is 0 Å². The van der Waals surface area contributed by atoms with E-state index in [1.165, 1.54) is 25.8 Å². The number of likely N-dealkylation sites (tertiary alicyclic amines) is 1. The predicted molar refractivity (Wildman–Crippen MR) is 108 cm³/mol. The van der Waals surface area contributed by atoms with Crippen molar-refractivity contribution in [2.45, 2.75) is 52.0 Å². The summed E-state index contributed by atoms with van der Waals surface area (Å²) in [6.45, 7) is 13.4. The normalized spacial score (nSPS) is 19.4. The molecule has 4 nitrogen and oxygen atoms in total. The molecular formula is C17H35IN4. The lowest BCUT2D eigenvalue weighted by Gasteiger charge is -2.34. The molecule has 0 radical (unpaired) electrons. The Morgan fingerprint density at radius 3 is 2.82 bits per heavy atom. The monoisotopic (exact) mass is 422 g/mol. The number of piperidine rings is 1. The molecule has 0 saturated carbocycles. The van der Waals surface area contributed by atoms with Gasteiger partial charge in [-0.3, -0.25) is 9.89 Å². The summed E-state index contributed by atoms with van der Waals surface area (Å²) in [7, 11) is 2.13. The molecule has 5 heteroatoms. The largest absolute Gasteiger partial charge is 0.357 e. The molecular weight excluding hydrogens is 387 g/mol. The molecule has 0 aromatic heterocycles. The fourth-order valence-corrected chi connectivity index (χ4v) is 2.92. The molecule has 0 aromatic rings. The van der Waals surface area contributed by atoms with E-state index in [0.717, 1.165) is 45.0 Å². The van der Waals surface area contributed by atoms with Crippen LogP contribution in [0.4, 0.5) is 0 Å². The molecule has 1 rings (SSSR count). The summed E-state index contributed by atoms with van der Waals surface area (Å²) in [5.41, 5.74) is 0. The third-order valence-electron chi connectivity index (χ3n) is 4.21.